The molecule has 1 N–H and O–H groups in total. The zero-order valence-electron chi connectivity index (χ0n) is 10.9. The third-order valence-electron chi connectivity index (χ3n) is 2.67. The standard InChI is InChI=1S/C12H16FN3O2S/c1-3-16(4-2)19(17,18)15-9-11-6-5-10(8-14)7-12(11)13/h5-7,15H,3-4,9H2,1-2H3. The Balaban J connectivity index is 2.80. The van der Waals surface area contributed by atoms with E-state index in [-0.39, 0.29) is 17.7 Å². The maximum atomic E-state index is 13.6. The van der Waals surface area contributed by atoms with E-state index in [4.69, 9.17) is 5.26 Å². The molecular weight excluding hydrogens is 269 g/mol. The molecule has 0 amide bonds. The van der Waals surface area contributed by atoms with E-state index in [0.29, 0.717) is 13.1 Å². The van der Waals surface area contributed by atoms with Crippen molar-refractivity contribution < 1.29 is 12.8 Å². The molecular formula is C12H16FN3O2S. The summed E-state index contributed by atoms with van der Waals surface area (Å²) in [7, 11) is -3.60. The molecule has 7 heteroatoms. The second-order valence-corrected chi connectivity index (χ2v) is 5.58. The molecule has 0 aliphatic rings. The third kappa shape index (κ3) is 3.99. The summed E-state index contributed by atoms with van der Waals surface area (Å²) in [5.74, 6) is -0.596. The highest BCUT2D eigenvalue weighted by Gasteiger charge is 2.18. The Hall–Kier alpha value is -1.49. The van der Waals surface area contributed by atoms with E-state index in [2.05, 4.69) is 4.72 Å². The summed E-state index contributed by atoms with van der Waals surface area (Å²) in [6.45, 7) is 4.01. The number of nitriles is 1. The average Bonchev–Trinajstić information content (AvgIpc) is 2.38. The minimum absolute atomic E-state index is 0.142. The van der Waals surface area contributed by atoms with Crippen LogP contribution >= 0.6 is 0 Å². The van der Waals surface area contributed by atoms with Crippen molar-refractivity contribution in [3.8, 4) is 6.07 Å². The summed E-state index contributed by atoms with van der Waals surface area (Å²) in [6.07, 6.45) is 0. The largest absolute Gasteiger partial charge is 0.279 e. The Morgan fingerprint density at radius 1 is 1.37 bits per heavy atom. The van der Waals surface area contributed by atoms with Gasteiger partial charge >= 0.3 is 0 Å². The minimum atomic E-state index is -3.60. The van der Waals surface area contributed by atoms with Gasteiger partial charge in [0.25, 0.3) is 10.2 Å². The van der Waals surface area contributed by atoms with Crippen LogP contribution in [-0.4, -0.2) is 25.8 Å². The Morgan fingerprint density at radius 3 is 2.47 bits per heavy atom. The predicted molar refractivity (Wildman–Crippen MR) is 69.8 cm³/mol. The number of benzene rings is 1. The van der Waals surface area contributed by atoms with E-state index in [1.807, 2.05) is 6.07 Å². The molecule has 0 heterocycles. The van der Waals surface area contributed by atoms with Crippen molar-refractivity contribution >= 4 is 10.2 Å². The van der Waals surface area contributed by atoms with E-state index in [0.717, 1.165) is 6.07 Å². The van der Waals surface area contributed by atoms with Crippen LogP contribution in [0, 0.1) is 17.1 Å². The van der Waals surface area contributed by atoms with Crippen LogP contribution in [0.15, 0.2) is 18.2 Å². The number of hydrogen-bond acceptors (Lipinski definition) is 3. The van der Waals surface area contributed by atoms with Crippen molar-refractivity contribution in [3.05, 3.63) is 35.1 Å². The monoisotopic (exact) mass is 285 g/mol. The van der Waals surface area contributed by atoms with Gasteiger partial charge in [-0.25, -0.2) is 4.39 Å². The lowest BCUT2D eigenvalue weighted by molar-refractivity contribution is 0.434. The fourth-order valence-electron chi connectivity index (χ4n) is 1.58. The normalized spacial score (nSPS) is 11.5. The van der Waals surface area contributed by atoms with Crippen LogP contribution in [0.25, 0.3) is 0 Å². The van der Waals surface area contributed by atoms with Gasteiger partial charge in [-0.15, -0.1) is 0 Å². The van der Waals surface area contributed by atoms with Gasteiger partial charge in [-0.2, -0.15) is 22.7 Å². The SMILES string of the molecule is CCN(CC)S(=O)(=O)NCc1ccc(C#N)cc1F. The van der Waals surface area contributed by atoms with Gasteiger partial charge in [-0.3, -0.25) is 0 Å². The molecule has 0 aliphatic carbocycles. The highest BCUT2D eigenvalue weighted by atomic mass is 32.2. The lowest BCUT2D eigenvalue weighted by atomic mass is 10.1. The molecule has 0 spiro atoms. The predicted octanol–water partition coefficient (Wildman–Crippen LogP) is 1.37. The molecule has 0 saturated heterocycles. The highest BCUT2D eigenvalue weighted by molar-refractivity contribution is 7.87. The Labute approximate surface area is 112 Å². The summed E-state index contributed by atoms with van der Waals surface area (Å²) < 4.78 is 40.8. The van der Waals surface area contributed by atoms with Gasteiger partial charge < -0.3 is 0 Å². The first-order valence-electron chi connectivity index (χ1n) is 5.87. The van der Waals surface area contributed by atoms with Gasteiger partial charge in [-0.1, -0.05) is 19.9 Å². The molecule has 5 nitrogen and oxygen atoms in total. The van der Waals surface area contributed by atoms with Crippen molar-refractivity contribution in [2.24, 2.45) is 0 Å². The molecule has 1 aromatic carbocycles. The highest BCUT2D eigenvalue weighted by Crippen LogP contribution is 2.10. The van der Waals surface area contributed by atoms with E-state index in [9.17, 15) is 12.8 Å². The Kier molecular flexibility index (Phi) is 5.42. The van der Waals surface area contributed by atoms with Crippen molar-refractivity contribution in [2.75, 3.05) is 13.1 Å². The zero-order chi connectivity index (χ0) is 14.5. The van der Waals surface area contributed by atoms with Gasteiger partial charge in [0.2, 0.25) is 0 Å². The van der Waals surface area contributed by atoms with Gasteiger partial charge in [0.1, 0.15) is 5.82 Å². The smallest absolute Gasteiger partial charge is 0.207 e. The summed E-state index contributed by atoms with van der Waals surface area (Å²) in [4.78, 5) is 0. The van der Waals surface area contributed by atoms with Crippen LogP contribution in [-0.2, 0) is 16.8 Å². The maximum absolute atomic E-state index is 13.6. The number of rotatable bonds is 6. The zero-order valence-corrected chi connectivity index (χ0v) is 11.7. The maximum Gasteiger partial charge on any atom is 0.279 e. The molecule has 0 aliphatic heterocycles. The van der Waals surface area contributed by atoms with Crippen molar-refractivity contribution in [3.63, 3.8) is 0 Å². The van der Waals surface area contributed by atoms with E-state index < -0.39 is 16.0 Å². The fraction of sp³-hybridized carbons (Fsp3) is 0.417. The summed E-state index contributed by atoms with van der Waals surface area (Å²) in [5.41, 5.74) is 0.405. The lowest BCUT2D eigenvalue weighted by Crippen LogP contribution is -2.40. The first-order chi connectivity index (χ1) is 8.94. The number of nitrogens with one attached hydrogen (secondary N) is 1. The average molecular weight is 285 g/mol. The number of nitrogens with zero attached hydrogens (tertiary/aromatic N) is 2. The fourth-order valence-corrected chi connectivity index (χ4v) is 2.78. The molecule has 0 atom stereocenters. The van der Waals surface area contributed by atoms with Gasteiger partial charge in [0.05, 0.1) is 11.6 Å². The first-order valence-corrected chi connectivity index (χ1v) is 7.31. The molecule has 0 bridgehead atoms. The molecule has 0 aromatic heterocycles. The second kappa shape index (κ2) is 6.61. The van der Waals surface area contributed by atoms with Crippen molar-refractivity contribution in [1.29, 1.82) is 5.26 Å². The quantitative estimate of drug-likeness (QED) is 0.858. The molecule has 19 heavy (non-hydrogen) atoms. The molecule has 1 rings (SSSR count). The minimum Gasteiger partial charge on any atom is -0.207 e. The lowest BCUT2D eigenvalue weighted by Gasteiger charge is -2.18. The van der Waals surface area contributed by atoms with Gasteiger partial charge in [0, 0.05) is 25.2 Å². The molecule has 1 aromatic rings. The Bertz CT molecular complexity index is 577. The van der Waals surface area contributed by atoms with E-state index in [1.54, 1.807) is 13.8 Å². The van der Waals surface area contributed by atoms with E-state index in [1.165, 1.54) is 16.4 Å². The van der Waals surface area contributed by atoms with Crippen LogP contribution in [0.1, 0.15) is 25.0 Å². The first kappa shape index (κ1) is 15.6. The molecule has 0 radical (unpaired) electrons. The summed E-state index contributed by atoms with van der Waals surface area (Å²) in [6, 6.07) is 5.75. The van der Waals surface area contributed by atoms with Crippen LogP contribution in [0.5, 0.6) is 0 Å². The molecule has 0 fully saturated rings. The summed E-state index contributed by atoms with van der Waals surface area (Å²) >= 11 is 0. The summed E-state index contributed by atoms with van der Waals surface area (Å²) in [5, 5.41) is 8.61. The van der Waals surface area contributed by atoms with Crippen molar-refractivity contribution in [1.82, 2.24) is 9.03 Å². The Morgan fingerprint density at radius 2 is 2.00 bits per heavy atom. The van der Waals surface area contributed by atoms with Crippen LogP contribution < -0.4 is 4.72 Å². The van der Waals surface area contributed by atoms with Crippen molar-refractivity contribution in [2.45, 2.75) is 20.4 Å². The number of halogens is 1. The third-order valence-corrected chi connectivity index (χ3v) is 4.38. The second-order valence-electron chi connectivity index (χ2n) is 3.83. The molecule has 104 valence electrons. The van der Waals surface area contributed by atoms with Gasteiger partial charge in [0.15, 0.2) is 0 Å². The molecule has 0 saturated carbocycles. The van der Waals surface area contributed by atoms with E-state index >= 15 is 0 Å². The van der Waals surface area contributed by atoms with Crippen LogP contribution in [0.4, 0.5) is 4.39 Å². The topological polar surface area (TPSA) is 73.2 Å². The molecule has 0 unspecified atom stereocenters. The van der Waals surface area contributed by atoms with Crippen LogP contribution in [0.2, 0.25) is 0 Å². The number of hydrogen-bond donors (Lipinski definition) is 1. The van der Waals surface area contributed by atoms with Gasteiger partial charge in [-0.05, 0) is 12.1 Å². The van der Waals surface area contributed by atoms with Crippen LogP contribution in [0.3, 0.4) is 0 Å².